The lowest BCUT2D eigenvalue weighted by Gasteiger charge is -2.29. The summed E-state index contributed by atoms with van der Waals surface area (Å²) in [5.41, 5.74) is 1.84. The number of benzene rings is 1. The van der Waals surface area contributed by atoms with Crippen molar-refractivity contribution in [1.82, 2.24) is 14.9 Å². The van der Waals surface area contributed by atoms with Gasteiger partial charge in [0.1, 0.15) is 11.9 Å². The minimum atomic E-state index is -0.302. The van der Waals surface area contributed by atoms with Crippen LogP contribution in [0.5, 0.6) is 5.88 Å². The molecule has 0 saturated carbocycles. The first-order chi connectivity index (χ1) is 12.2. The molecule has 0 aliphatic carbocycles. The largest absolute Gasteiger partial charge is 0.474 e. The standard InChI is InChI=1S/C20H20FN3O/c1-24-11-7-15(8-12-24)25-20-19-16(3-2-4-18(19)21)17(13-23-20)14-5-9-22-10-6-14/h2-6,9-10,13,15H,7-8,11-12H2,1H3. The topological polar surface area (TPSA) is 38.2 Å². The van der Waals surface area contributed by atoms with Gasteiger partial charge in [0.05, 0.1) is 5.39 Å². The first-order valence-electron chi connectivity index (χ1n) is 8.55. The Morgan fingerprint density at radius 3 is 2.64 bits per heavy atom. The van der Waals surface area contributed by atoms with E-state index in [0.717, 1.165) is 42.4 Å². The summed E-state index contributed by atoms with van der Waals surface area (Å²) in [7, 11) is 2.10. The van der Waals surface area contributed by atoms with Gasteiger partial charge in [0, 0.05) is 37.2 Å². The zero-order valence-electron chi connectivity index (χ0n) is 14.2. The van der Waals surface area contributed by atoms with Gasteiger partial charge in [-0.1, -0.05) is 12.1 Å². The molecular formula is C20H20FN3O. The van der Waals surface area contributed by atoms with Crippen LogP contribution in [-0.2, 0) is 0 Å². The lowest BCUT2D eigenvalue weighted by Crippen LogP contribution is -2.35. The second-order valence-corrected chi connectivity index (χ2v) is 6.50. The molecule has 0 amide bonds. The Kier molecular flexibility index (Phi) is 4.32. The third-order valence-electron chi connectivity index (χ3n) is 4.76. The normalized spacial score (nSPS) is 16.2. The summed E-state index contributed by atoms with van der Waals surface area (Å²) in [6, 6.07) is 8.90. The monoisotopic (exact) mass is 337 g/mol. The summed E-state index contributed by atoms with van der Waals surface area (Å²) in [5, 5.41) is 1.26. The van der Waals surface area contributed by atoms with Gasteiger partial charge in [-0.3, -0.25) is 4.98 Å². The van der Waals surface area contributed by atoms with Crippen molar-refractivity contribution in [3.63, 3.8) is 0 Å². The molecule has 0 atom stereocenters. The van der Waals surface area contributed by atoms with E-state index in [1.807, 2.05) is 18.2 Å². The van der Waals surface area contributed by atoms with Crippen LogP contribution in [0, 0.1) is 5.82 Å². The minimum Gasteiger partial charge on any atom is -0.474 e. The molecule has 4 rings (SSSR count). The predicted molar refractivity (Wildman–Crippen MR) is 96.1 cm³/mol. The molecule has 3 aromatic rings. The van der Waals surface area contributed by atoms with Gasteiger partial charge in [0.2, 0.25) is 5.88 Å². The molecule has 0 bridgehead atoms. The van der Waals surface area contributed by atoms with Crippen LogP contribution in [0.1, 0.15) is 12.8 Å². The third-order valence-corrected chi connectivity index (χ3v) is 4.76. The van der Waals surface area contributed by atoms with E-state index in [0.29, 0.717) is 11.3 Å². The van der Waals surface area contributed by atoms with E-state index in [9.17, 15) is 4.39 Å². The fourth-order valence-electron chi connectivity index (χ4n) is 3.33. The SMILES string of the molecule is CN1CCC(Oc2ncc(-c3ccncc3)c3cccc(F)c23)CC1. The molecule has 1 aliphatic rings. The molecule has 0 N–H and O–H groups in total. The highest BCUT2D eigenvalue weighted by molar-refractivity contribution is 5.99. The van der Waals surface area contributed by atoms with Crippen LogP contribution in [0.25, 0.3) is 21.9 Å². The zero-order valence-corrected chi connectivity index (χ0v) is 14.2. The molecule has 1 saturated heterocycles. The highest BCUT2D eigenvalue weighted by Gasteiger charge is 2.21. The Morgan fingerprint density at radius 1 is 1.12 bits per heavy atom. The molecule has 5 heteroatoms. The van der Waals surface area contributed by atoms with Crippen molar-refractivity contribution in [1.29, 1.82) is 0 Å². The molecule has 1 aliphatic heterocycles. The van der Waals surface area contributed by atoms with E-state index >= 15 is 0 Å². The number of hydrogen-bond donors (Lipinski definition) is 0. The van der Waals surface area contributed by atoms with Crippen molar-refractivity contribution >= 4 is 10.8 Å². The van der Waals surface area contributed by atoms with Crippen LogP contribution in [0.2, 0.25) is 0 Å². The number of likely N-dealkylation sites (tertiary alicyclic amines) is 1. The number of rotatable bonds is 3. The zero-order chi connectivity index (χ0) is 17.2. The average Bonchev–Trinajstić information content (AvgIpc) is 2.64. The molecule has 2 aromatic heterocycles. The minimum absolute atomic E-state index is 0.0817. The average molecular weight is 337 g/mol. The first-order valence-corrected chi connectivity index (χ1v) is 8.55. The smallest absolute Gasteiger partial charge is 0.224 e. The fourth-order valence-corrected chi connectivity index (χ4v) is 3.33. The number of fused-ring (bicyclic) bond motifs is 1. The number of ether oxygens (including phenoxy) is 1. The van der Waals surface area contributed by atoms with Crippen LogP contribution < -0.4 is 4.74 Å². The molecule has 3 heterocycles. The molecule has 4 nitrogen and oxygen atoms in total. The number of aromatic nitrogens is 2. The molecule has 128 valence electrons. The van der Waals surface area contributed by atoms with Gasteiger partial charge in [0.25, 0.3) is 0 Å². The third kappa shape index (κ3) is 3.20. The van der Waals surface area contributed by atoms with Crippen LogP contribution in [0.3, 0.4) is 0 Å². The van der Waals surface area contributed by atoms with Gasteiger partial charge in [-0.15, -0.1) is 0 Å². The Bertz CT molecular complexity index is 877. The van der Waals surface area contributed by atoms with Gasteiger partial charge in [-0.05, 0) is 49.0 Å². The van der Waals surface area contributed by atoms with E-state index in [1.165, 1.54) is 6.07 Å². The molecular weight excluding hydrogens is 317 g/mol. The number of pyridine rings is 2. The lowest BCUT2D eigenvalue weighted by atomic mass is 10.0. The summed E-state index contributed by atoms with van der Waals surface area (Å²) < 4.78 is 20.7. The van der Waals surface area contributed by atoms with Crippen molar-refractivity contribution < 1.29 is 9.13 Å². The summed E-state index contributed by atoms with van der Waals surface area (Å²) >= 11 is 0. The van der Waals surface area contributed by atoms with Crippen LogP contribution in [0.15, 0.2) is 48.9 Å². The second-order valence-electron chi connectivity index (χ2n) is 6.50. The number of piperidine rings is 1. The van der Waals surface area contributed by atoms with E-state index in [2.05, 4.69) is 21.9 Å². The van der Waals surface area contributed by atoms with Gasteiger partial charge >= 0.3 is 0 Å². The Labute approximate surface area is 146 Å². The van der Waals surface area contributed by atoms with E-state index in [-0.39, 0.29) is 11.9 Å². The summed E-state index contributed by atoms with van der Waals surface area (Å²) in [6.07, 6.45) is 7.16. The van der Waals surface area contributed by atoms with E-state index in [4.69, 9.17) is 4.74 Å². The Hall–Kier alpha value is -2.53. The highest BCUT2D eigenvalue weighted by atomic mass is 19.1. The van der Waals surface area contributed by atoms with Gasteiger partial charge < -0.3 is 9.64 Å². The number of halogens is 1. The second kappa shape index (κ2) is 6.76. The maximum absolute atomic E-state index is 14.6. The predicted octanol–water partition coefficient (Wildman–Crippen LogP) is 3.91. The van der Waals surface area contributed by atoms with Crippen molar-refractivity contribution in [3.05, 3.63) is 54.7 Å². The summed E-state index contributed by atoms with van der Waals surface area (Å²) in [6.45, 7) is 1.97. The van der Waals surface area contributed by atoms with Gasteiger partial charge in [-0.25, -0.2) is 9.37 Å². The van der Waals surface area contributed by atoms with Crippen molar-refractivity contribution in [2.24, 2.45) is 0 Å². The molecule has 0 radical (unpaired) electrons. The van der Waals surface area contributed by atoms with Gasteiger partial charge in [0.15, 0.2) is 0 Å². The molecule has 1 aromatic carbocycles. The maximum Gasteiger partial charge on any atom is 0.224 e. The molecule has 1 fully saturated rings. The summed E-state index contributed by atoms with van der Waals surface area (Å²) in [4.78, 5) is 10.8. The highest BCUT2D eigenvalue weighted by Crippen LogP contribution is 2.35. The van der Waals surface area contributed by atoms with Crippen molar-refractivity contribution in [3.8, 4) is 17.0 Å². The molecule has 0 unspecified atom stereocenters. The Balaban J connectivity index is 1.76. The van der Waals surface area contributed by atoms with Crippen LogP contribution in [-0.4, -0.2) is 41.1 Å². The number of nitrogens with zero attached hydrogens (tertiary/aromatic N) is 3. The first kappa shape index (κ1) is 16.0. The maximum atomic E-state index is 14.6. The molecule has 25 heavy (non-hydrogen) atoms. The van der Waals surface area contributed by atoms with Crippen LogP contribution >= 0.6 is 0 Å². The van der Waals surface area contributed by atoms with E-state index < -0.39 is 0 Å². The molecule has 0 spiro atoms. The van der Waals surface area contributed by atoms with Crippen LogP contribution in [0.4, 0.5) is 4.39 Å². The Morgan fingerprint density at radius 2 is 1.88 bits per heavy atom. The van der Waals surface area contributed by atoms with Crippen molar-refractivity contribution in [2.45, 2.75) is 18.9 Å². The lowest BCUT2D eigenvalue weighted by molar-refractivity contribution is 0.111. The fraction of sp³-hybridized carbons (Fsp3) is 0.300. The quantitative estimate of drug-likeness (QED) is 0.726. The summed E-state index contributed by atoms with van der Waals surface area (Å²) in [5.74, 6) is 0.0873. The number of hydrogen-bond acceptors (Lipinski definition) is 4. The van der Waals surface area contributed by atoms with Crippen molar-refractivity contribution in [2.75, 3.05) is 20.1 Å². The van der Waals surface area contributed by atoms with E-state index in [1.54, 1.807) is 24.7 Å². The van der Waals surface area contributed by atoms with Gasteiger partial charge in [-0.2, -0.15) is 0 Å².